The van der Waals surface area contributed by atoms with E-state index < -0.39 is 17.4 Å². The van der Waals surface area contributed by atoms with E-state index in [1.54, 1.807) is 0 Å². The summed E-state index contributed by atoms with van der Waals surface area (Å²) in [5.74, 6) is 0. The minimum absolute atomic E-state index is 0.0861. The van der Waals surface area contributed by atoms with Crippen LogP contribution in [0.5, 0.6) is 0 Å². The summed E-state index contributed by atoms with van der Waals surface area (Å²) in [6.45, 7) is 0. The molecule has 0 bridgehead atoms. The summed E-state index contributed by atoms with van der Waals surface area (Å²) in [5, 5.41) is 3.32. The number of alkyl halides is 3. The number of hydrogen-bond acceptors (Lipinski definition) is 2. The Bertz CT molecular complexity index is 302. The number of nitrogens with zero attached hydrogens (tertiary/aromatic N) is 2. The van der Waals surface area contributed by atoms with E-state index in [0.717, 1.165) is 10.9 Å². The normalized spacial score (nSPS) is 11.7. The van der Waals surface area contributed by atoms with E-state index in [0.29, 0.717) is 0 Å². The van der Waals surface area contributed by atoms with Crippen LogP contribution < -0.4 is 0 Å². The van der Waals surface area contributed by atoms with Gasteiger partial charge in [-0.1, -0.05) is 0 Å². The summed E-state index contributed by atoms with van der Waals surface area (Å²) in [6, 6.07) is 0. The fourth-order valence-corrected chi connectivity index (χ4v) is 0.811. The van der Waals surface area contributed by atoms with Crippen LogP contribution in [0.4, 0.5) is 13.2 Å². The Morgan fingerprint density at radius 3 is 2.50 bits per heavy atom. The molecule has 3 nitrogen and oxygen atoms in total. The number of halogens is 3. The van der Waals surface area contributed by atoms with Gasteiger partial charge in [-0.15, -0.1) is 0 Å². The van der Waals surface area contributed by atoms with Gasteiger partial charge in [-0.2, -0.15) is 18.3 Å². The van der Waals surface area contributed by atoms with Crippen molar-refractivity contribution >= 4 is 6.29 Å². The predicted octanol–water partition coefficient (Wildman–Crippen LogP) is 1.25. The van der Waals surface area contributed by atoms with Crippen molar-refractivity contribution in [3.63, 3.8) is 0 Å². The summed E-state index contributed by atoms with van der Waals surface area (Å²) in [4.78, 5) is 10.1. The minimum atomic E-state index is -4.51. The average molecular weight is 178 g/mol. The molecule has 0 amide bonds. The molecule has 0 aliphatic heterocycles. The van der Waals surface area contributed by atoms with Crippen molar-refractivity contribution < 1.29 is 18.0 Å². The smallest absolute Gasteiger partial charge is 0.296 e. The lowest BCUT2D eigenvalue weighted by atomic mass is 10.2. The van der Waals surface area contributed by atoms with Crippen molar-refractivity contribution in [1.82, 2.24) is 9.78 Å². The standard InChI is InChI=1S/C6H5F3N2O/c1-11-2-4(6(7,8)9)5(3-12)10-11/h2-3H,1H3. The summed E-state index contributed by atoms with van der Waals surface area (Å²) >= 11 is 0. The minimum Gasteiger partial charge on any atom is -0.296 e. The monoisotopic (exact) mass is 178 g/mol. The molecule has 1 aromatic heterocycles. The molecule has 0 aliphatic rings. The molecule has 1 aromatic rings. The van der Waals surface area contributed by atoms with Crippen LogP contribution in [0.1, 0.15) is 16.1 Å². The SMILES string of the molecule is Cn1cc(C(F)(F)F)c(C=O)n1. The lowest BCUT2D eigenvalue weighted by Crippen LogP contribution is -2.06. The quantitative estimate of drug-likeness (QED) is 0.606. The van der Waals surface area contributed by atoms with Crippen LogP contribution in [-0.4, -0.2) is 16.1 Å². The molecular formula is C6H5F3N2O. The van der Waals surface area contributed by atoms with Gasteiger partial charge in [-0.05, 0) is 0 Å². The van der Waals surface area contributed by atoms with Crippen LogP contribution >= 0.6 is 0 Å². The maximum atomic E-state index is 12.0. The molecule has 12 heavy (non-hydrogen) atoms. The van der Waals surface area contributed by atoms with Crippen molar-refractivity contribution in [3.05, 3.63) is 17.5 Å². The lowest BCUT2D eigenvalue weighted by molar-refractivity contribution is -0.137. The molecule has 1 heterocycles. The zero-order chi connectivity index (χ0) is 9.35. The average Bonchev–Trinajstić information content (AvgIpc) is 2.29. The van der Waals surface area contributed by atoms with E-state index >= 15 is 0 Å². The highest BCUT2D eigenvalue weighted by atomic mass is 19.4. The molecule has 0 N–H and O–H groups in total. The van der Waals surface area contributed by atoms with Crippen LogP contribution in [-0.2, 0) is 13.2 Å². The highest BCUT2D eigenvalue weighted by molar-refractivity contribution is 5.74. The molecule has 0 fully saturated rings. The van der Waals surface area contributed by atoms with Gasteiger partial charge in [0.2, 0.25) is 0 Å². The molecule has 66 valence electrons. The van der Waals surface area contributed by atoms with E-state index in [4.69, 9.17) is 0 Å². The van der Waals surface area contributed by atoms with Crippen LogP contribution in [0, 0.1) is 0 Å². The third kappa shape index (κ3) is 1.46. The molecule has 6 heteroatoms. The summed E-state index contributed by atoms with van der Waals surface area (Å²) in [7, 11) is 1.32. The van der Waals surface area contributed by atoms with Crippen molar-refractivity contribution in [2.45, 2.75) is 6.18 Å². The highest BCUT2D eigenvalue weighted by Crippen LogP contribution is 2.30. The molecule has 0 spiro atoms. The molecule has 0 unspecified atom stereocenters. The molecule has 0 aromatic carbocycles. The van der Waals surface area contributed by atoms with Gasteiger partial charge in [0.05, 0.1) is 0 Å². The molecular weight excluding hydrogens is 173 g/mol. The van der Waals surface area contributed by atoms with E-state index in [1.807, 2.05) is 0 Å². The van der Waals surface area contributed by atoms with E-state index in [9.17, 15) is 18.0 Å². The van der Waals surface area contributed by atoms with Crippen LogP contribution in [0.15, 0.2) is 6.20 Å². The van der Waals surface area contributed by atoms with Gasteiger partial charge in [0, 0.05) is 13.2 Å². The molecule has 1 rings (SSSR count). The first-order valence-corrected chi connectivity index (χ1v) is 3.01. The molecule has 0 radical (unpaired) electrons. The second-order valence-electron chi connectivity index (χ2n) is 2.22. The van der Waals surface area contributed by atoms with Gasteiger partial charge < -0.3 is 0 Å². The van der Waals surface area contributed by atoms with Gasteiger partial charge in [-0.25, -0.2) is 0 Å². The third-order valence-corrected chi connectivity index (χ3v) is 1.27. The van der Waals surface area contributed by atoms with Gasteiger partial charge in [-0.3, -0.25) is 9.48 Å². The van der Waals surface area contributed by atoms with Crippen molar-refractivity contribution in [2.24, 2.45) is 7.05 Å². The molecule has 0 saturated heterocycles. The molecule has 0 atom stereocenters. The fourth-order valence-electron chi connectivity index (χ4n) is 0.811. The maximum Gasteiger partial charge on any atom is 0.420 e. The molecule has 0 aliphatic carbocycles. The number of aryl methyl sites for hydroxylation is 1. The Labute approximate surface area is 65.8 Å². The van der Waals surface area contributed by atoms with Crippen molar-refractivity contribution in [1.29, 1.82) is 0 Å². The molecule has 0 saturated carbocycles. The lowest BCUT2D eigenvalue weighted by Gasteiger charge is -2.01. The third-order valence-electron chi connectivity index (χ3n) is 1.27. The summed E-state index contributed by atoms with van der Waals surface area (Å²) in [6.07, 6.45) is -3.66. The Morgan fingerprint density at radius 2 is 2.17 bits per heavy atom. The number of carbonyl (C=O) groups is 1. The number of carbonyl (C=O) groups excluding carboxylic acids is 1. The first kappa shape index (κ1) is 8.76. The van der Waals surface area contributed by atoms with E-state index in [1.165, 1.54) is 7.05 Å². The van der Waals surface area contributed by atoms with Gasteiger partial charge in [0.1, 0.15) is 11.3 Å². The number of aromatic nitrogens is 2. The van der Waals surface area contributed by atoms with Crippen LogP contribution in [0.2, 0.25) is 0 Å². The van der Waals surface area contributed by atoms with E-state index in [-0.39, 0.29) is 6.29 Å². The second-order valence-corrected chi connectivity index (χ2v) is 2.22. The largest absolute Gasteiger partial charge is 0.420 e. The predicted molar refractivity (Wildman–Crippen MR) is 33.6 cm³/mol. The van der Waals surface area contributed by atoms with Gasteiger partial charge in [0.15, 0.2) is 6.29 Å². The summed E-state index contributed by atoms with van der Waals surface area (Å²) in [5.41, 5.74) is -1.58. The summed E-state index contributed by atoms with van der Waals surface area (Å²) < 4.78 is 37.1. The van der Waals surface area contributed by atoms with Crippen molar-refractivity contribution in [2.75, 3.05) is 0 Å². The van der Waals surface area contributed by atoms with Gasteiger partial charge >= 0.3 is 6.18 Å². The Kier molecular flexibility index (Phi) is 1.91. The van der Waals surface area contributed by atoms with Crippen molar-refractivity contribution in [3.8, 4) is 0 Å². The Morgan fingerprint density at radius 1 is 1.58 bits per heavy atom. The Balaban J connectivity index is 3.22. The zero-order valence-electron chi connectivity index (χ0n) is 6.09. The number of aldehydes is 1. The number of rotatable bonds is 1. The first-order chi connectivity index (χ1) is 5.45. The number of hydrogen-bond donors (Lipinski definition) is 0. The van der Waals surface area contributed by atoms with Gasteiger partial charge in [0.25, 0.3) is 0 Å². The van der Waals surface area contributed by atoms with Crippen LogP contribution in [0.3, 0.4) is 0 Å². The Hall–Kier alpha value is -1.33. The highest BCUT2D eigenvalue weighted by Gasteiger charge is 2.35. The first-order valence-electron chi connectivity index (χ1n) is 3.01. The maximum absolute atomic E-state index is 12.0. The second kappa shape index (κ2) is 2.62. The van der Waals surface area contributed by atoms with Crippen LogP contribution in [0.25, 0.3) is 0 Å². The fraction of sp³-hybridized carbons (Fsp3) is 0.333. The zero-order valence-corrected chi connectivity index (χ0v) is 6.09. The topological polar surface area (TPSA) is 34.9 Å². The van der Waals surface area contributed by atoms with E-state index in [2.05, 4.69) is 5.10 Å².